The number of nitrogens with one attached hydrogen (secondary N) is 3. The first-order valence-corrected chi connectivity index (χ1v) is 7.05. The molecule has 0 unspecified atom stereocenters. The van der Waals surface area contributed by atoms with Crippen molar-refractivity contribution in [2.24, 2.45) is 0 Å². The van der Waals surface area contributed by atoms with E-state index < -0.39 is 0 Å². The Labute approximate surface area is 109 Å². The fourth-order valence-corrected chi connectivity index (χ4v) is 0.906. The molecule has 0 aliphatic carbocycles. The van der Waals surface area contributed by atoms with Crippen molar-refractivity contribution in [2.75, 3.05) is 53.0 Å². The highest BCUT2D eigenvalue weighted by molar-refractivity contribution is 4.48. The molecule has 0 fully saturated rings. The molecule has 0 spiro atoms. The first kappa shape index (κ1) is 22.1. The minimum absolute atomic E-state index is 0.801. The van der Waals surface area contributed by atoms with E-state index in [-0.39, 0.29) is 0 Å². The first-order valence-electron chi connectivity index (χ1n) is 7.05. The van der Waals surface area contributed by atoms with Crippen molar-refractivity contribution in [1.29, 1.82) is 0 Å². The zero-order valence-electron chi connectivity index (χ0n) is 12.9. The summed E-state index contributed by atoms with van der Waals surface area (Å²) in [6.45, 7) is 16.6. The van der Waals surface area contributed by atoms with Crippen LogP contribution in [0, 0.1) is 0 Å². The van der Waals surface area contributed by atoms with Gasteiger partial charge >= 0.3 is 0 Å². The summed E-state index contributed by atoms with van der Waals surface area (Å²) >= 11 is 0. The van der Waals surface area contributed by atoms with Crippen LogP contribution in [0.15, 0.2) is 0 Å². The van der Waals surface area contributed by atoms with Crippen LogP contribution in [-0.4, -0.2) is 53.0 Å². The van der Waals surface area contributed by atoms with Crippen molar-refractivity contribution in [3.05, 3.63) is 0 Å². The van der Waals surface area contributed by atoms with Crippen LogP contribution in [-0.2, 0) is 4.74 Å². The maximum Gasteiger partial charge on any atom is 0.0591 e. The summed E-state index contributed by atoms with van der Waals surface area (Å²) < 4.78 is 5.37. The van der Waals surface area contributed by atoms with Gasteiger partial charge in [0.15, 0.2) is 0 Å². The van der Waals surface area contributed by atoms with E-state index >= 15 is 0 Å². The van der Waals surface area contributed by atoms with Crippen LogP contribution in [0.4, 0.5) is 0 Å². The summed E-state index contributed by atoms with van der Waals surface area (Å²) in [4.78, 5) is 0. The number of rotatable bonds is 10. The second-order valence-electron chi connectivity index (χ2n) is 2.82. The largest absolute Gasteiger partial charge is 0.379 e. The molecule has 0 amide bonds. The molecule has 4 nitrogen and oxygen atoms in total. The standard InChI is InChI=1S/C9H23N3O.2C2H6/c1-3-11-6-8-13-9-7-12-5-4-10-2;2*1-2/h10-12H,3-9H2,1-2H3;2*1-2H3. The molecule has 0 aliphatic rings. The van der Waals surface area contributed by atoms with Crippen LogP contribution in [0.5, 0.6) is 0 Å². The summed E-state index contributed by atoms with van der Waals surface area (Å²) in [6, 6.07) is 0. The Hall–Kier alpha value is -0.160. The Kier molecular flexibility index (Phi) is 38.5. The highest BCUT2D eigenvalue weighted by Gasteiger charge is 1.87. The molecule has 0 saturated heterocycles. The zero-order chi connectivity index (χ0) is 13.8. The molecule has 0 aliphatic heterocycles. The molecule has 4 heteroatoms. The molecule has 0 aromatic rings. The van der Waals surface area contributed by atoms with E-state index in [1.54, 1.807) is 0 Å². The lowest BCUT2D eigenvalue weighted by atomic mass is 10.5. The van der Waals surface area contributed by atoms with Gasteiger partial charge in [-0.25, -0.2) is 0 Å². The predicted octanol–water partition coefficient (Wildman–Crippen LogP) is 1.47. The van der Waals surface area contributed by atoms with Crippen LogP contribution in [0.25, 0.3) is 0 Å². The van der Waals surface area contributed by atoms with Gasteiger partial charge in [-0.1, -0.05) is 34.6 Å². The summed E-state index contributed by atoms with van der Waals surface area (Å²) in [5.74, 6) is 0. The van der Waals surface area contributed by atoms with E-state index in [2.05, 4.69) is 22.9 Å². The van der Waals surface area contributed by atoms with Gasteiger partial charge in [0.05, 0.1) is 13.2 Å². The summed E-state index contributed by atoms with van der Waals surface area (Å²) in [5, 5.41) is 9.55. The second-order valence-corrected chi connectivity index (χ2v) is 2.82. The third kappa shape index (κ3) is 31.3. The van der Waals surface area contributed by atoms with Crippen molar-refractivity contribution < 1.29 is 4.74 Å². The molecule has 0 aromatic carbocycles. The maximum atomic E-state index is 5.37. The fourth-order valence-electron chi connectivity index (χ4n) is 0.906. The molecule has 0 atom stereocenters. The Balaban J connectivity index is -0.000000439. The van der Waals surface area contributed by atoms with Crippen LogP contribution in [0.3, 0.4) is 0 Å². The average molecular weight is 249 g/mol. The van der Waals surface area contributed by atoms with Crippen molar-refractivity contribution in [3.8, 4) is 0 Å². The maximum absolute atomic E-state index is 5.37. The summed E-state index contributed by atoms with van der Waals surface area (Å²) in [5.41, 5.74) is 0. The number of hydrogen-bond donors (Lipinski definition) is 3. The SMILES string of the molecule is CC.CC.CCNCCOCCNCCNC. The Morgan fingerprint density at radius 1 is 0.765 bits per heavy atom. The lowest BCUT2D eigenvalue weighted by Gasteiger charge is -2.05. The fraction of sp³-hybridized carbons (Fsp3) is 1.00. The molecule has 0 radical (unpaired) electrons. The van der Waals surface area contributed by atoms with Gasteiger partial charge in [0, 0.05) is 26.2 Å². The third-order valence-corrected chi connectivity index (χ3v) is 1.65. The molecule has 0 heterocycles. The van der Waals surface area contributed by atoms with Gasteiger partial charge < -0.3 is 20.7 Å². The molecular formula is C13H35N3O. The minimum Gasteiger partial charge on any atom is -0.379 e. The lowest BCUT2D eigenvalue weighted by molar-refractivity contribution is 0.138. The summed E-state index contributed by atoms with van der Waals surface area (Å²) in [7, 11) is 1.95. The Morgan fingerprint density at radius 2 is 1.29 bits per heavy atom. The number of hydrogen-bond acceptors (Lipinski definition) is 4. The number of ether oxygens (including phenoxy) is 1. The molecule has 0 bridgehead atoms. The summed E-state index contributed by atoms with van der Waals surface area (Å²) in [6.07, 6.45) is 0. The smallest absolute Gasteiger partial charge is 0.0591 e. The van der Waals surface area contributed by atoms with E-state index in [1.807, 2.05) is 34.7 Å². The molecular weight excluding hydrogens is 214 g/mol. The average Bonchev–Trinajstić information content (AvgIpc) is 2.42. The highest BCUT2D eigenvalue weighted by Crippen LogP contribution is 1.71. The van der Waals surface area contributed by atoms with Crippen LogP contribution in [0.2, 0.25) is 0 Å². The van der Waals surface area contributed by atoms with Crippen LogP contribution in [0.1, 0.15) is 34.6 Å². The van der Waals surface area contributed by atoms with Gasteiger partial charge in [0.1, 0.15) is 0 Å². The van der Waals surface area contributed by atoms with Crippen molar-refractivity contribution in [3.63, 3.8) is 0 Å². The zero-order valence-corrected chi connectivity index (χ0v) is 12.9. The van der Waals surface area contributed by atoms with Gasteiger partial charge in [-0.2, -0.15) is 0 Å². The number of likely N-dealkylation sites (N-methyl/N-ethyl adjacent to an activating group) is 2. The monoisotopic (exact) mass is 249 g/mol. The van der Waals surface area contributed by atoms with E-state index in [1.165, 1.54) is 0 Å². The topological polar surface area (TPSA) is 45.3 Å². The third-order valence-electron chi connectivity index (χ3n) is 1.65. The van der Waals surface area contributed by atoms with Crippen molar-refractivity contribution >= 4 is 0 Å². The second kappa shape index (κ2) is 29.7. The van der Waals surface area contributed by atoms with E-state index in [0.29, 0.717) is 0 Å². The molecule has 3 N–H and O–H groups in total. The Morgan fingerprint density at radius 3 is 1.76 bits per heavy atom. The highest BCUT2D eigenvalue weighted by atomic mass is 16.5. The lowest BCUT2D eigenvalue weighted by Crippen LogP contribution is -2.28. The predicted molar refractivity (Wildman–Crippen MR) is 78.9 cm³/mol. The van der Waals surface area contributed by atoms with Crippen LogP contribution >= 0.6 is 0 Å². The van der Waals surface area contributed by atoms with E-state index in [9.17, 15) is 0 Å². The minimum atomic E-state index is 0.801. The molecule has 17 heavy (non-hydrogen) atoms. The first-order chi connectivity index (χ1) is 8.41. The van der Waals surface area contributed by atoms with Gasteiger partial charge in [-0.15, -0.1) is 0 Å². The molecule has 0 rings (SSSR count). The van der Waals surface area contributed by atoms with Gasteiger partial charge in [0.2, 0.25) is 0 Å². The van der Waals surface area contributed by atoms with Gasteiger partial charge in [0.25, 0.3) is 0 Å². The molecule has 108 valence electrons. The normalized spacial score (nSPS) is 8.82. The van der Waals surface area contributed by atoms with Gasteiger partial charge in [-0.05, 0) is 13.6 Å². The van der Waals surface area contributed by atoms with Crippen LogP contribution < -0.4 is 16.0 Å². The molecule has 0 aromatic heterocycles. The Bertz CT molecular complexity index is 82.7. The van der Waals surface area contributed by atoms with Crippen molar-refractivity contribution in [1.82, 2.24) is 16.0 Å². The van der Waals surface area contributed by atoms with E-state index in [0.717, 1.165) is 45.9 Å². The van der Waals surface area contributed by atoms with E-state index in [4.69, 9.17) is 4.74 Å². The quantitative estimate of drug-likeness (QED) is 0.513. The molecule has 0 saturated carbocycles. The van der Waals surface area contributed by atoms with Crippen molar-refractivity contribution in [2.45, 2.75) is 34.6 Å². The van der Waals surface area contributed by atoms with Gasteiger partial charge in [-0.3, -0.25) is 0 Å².